The second-order valence-corrected chi connectivity index (χ2v) is 14.1. The van der Waals surface area contributed by atoms with Crippen molar-refractivity contribution in [3.8, 4) is 27.1 Å². The molecule has 3 heterocycles. The fraction of sp³-hybridized carbons (Fsp3) is 0.448. The number of thiazole rings is 1. The SMILES string of the molecule is N#CC1(NC(=O)C2CCCCC2c2nc(-c3cccnc3)sc2-c2ccc(N3CCS(=O)(=O)CC3)cc2)CC1. The van der Waals surface area contributed by atoms with Crippen molar-refractivity contribution in [3.63, 3.8) is 0 Å². The Hall–Kier alpha value is -3.29. The van der Waals surface area contributed by atoms with Crippen LogP contribution in [0.25, 0.3) is 21.0 Å². The molecule has 1 aromatic carbocycles. The van der Waals surface area contributed by atoms with Gasteiger partial charge < -0.3 is 10.2 Å². The van der Waals surface area contributed by atoms with E-state index in [0.29, 0.717) is 13.1 Å². The van der Waals surface area contributed by atoms with Gasteiger partial charge in [0.1, 0.15) is 10.5 Å². The molecule has 1 aliphatic heterocycles. The molecule has 2 aromatic heterocycles. The average molecular weight is 562 g/mol. The highest BCUT2D eigenvalue weighted by Gasteiger charge is 2.47. The molecule has 2 aliphatic carbocycles. The molecular weight excluding hydrogens is 530 g/mol. The van der Waals surface area contributed by atoms with Crippen molar-refractivity contribution in [1.29, 1.82) is 5.26 Å². The third-order valence-corrected chi connectivity index (χ3v) is 11.0. The molecule has 1 saturated heterocycles. The van der Waals surface area contributed by atoms with Gasteiger partial charge in [0.05, 0.1) is 28.1 Å². The quantitative estimate of drug-likeness (QED) is 0.469. The van der Waals surface area contributed by atoms with Crippen LogP contribution in [-0.4, -0.2) is 54.4 Å². The second-order valence-electron chi connectivity index (χ2n) is 10.8. The van der Waals surface area contributed by atoms with Gasteiger partial charge in [-0.25, -0.2) is 13.4 Å². The third-order valence-electron chi connectivity index (χ3n) is 8.18. The van der Waals surface area contributed by atoms with Crippen LogP contribution < -0.4 is 10.2 Å². The Morgan fingerprint density at radius 2 is 1.82 bits per heavy atom. The van der Waals surface area contributed by atoms with Crippen LogP contribution in [0, 0.1) is 17.2 Å². The van der Waals surface area contributed by atoms with Gasteiger partial charge in [0.15, 0.2) is 9.84 Å². The maximum Gasteiger partial charge on any atom is 0.225 e. The molecule has 2 unspecified atom stereocenters. The van der Waals surface area contributed by atoms with Crippen LogP contribution >= 0.6 is 11.3 Å². The standard InChI is InChI=1S/C29H31N5O3S2/c30-19-29(11-12-29)33-27(35)24-6-2-1-5-23(24)25-26(38-28(32-25)21-4-3-13-31-18-21)20-7-9-22(10-8-20)34-14-16-39(36,37)17-15-34/h3-4,7-10,13,18,23-24H,1-2,5-6,11-12,14-17H2,(H,33,35). The summed E-state index contributed by atoms with van der Waals surface area (Å²) in [5.41, 5.74) is 3.24. The molecule has 1 amide bonds. The molecule has 2 atom stereocenters. The highest BCUT2D eigenvalue weighted by Crippen LogP contribution is 2.46. The smallest absolute Gasteiger partial charge is 0.225 e. The maximum absolute atomic E-state index is 13.4. The first-order valence-corrected chi connectivity index (χ1v) is 16.2. The largest absolute Gasteiger partial charge is 0.369 e. The van der Waals surface area contributed by atoms with Crippen LogP contribution in [0.15, 0.2) is 48.8 Å². The molecule has 0 bridgehead atoms. The Labute approximate surface area is 233 Å². The lowest BCUT2D eigenvalue weighted by Crippen LogP contribution is -2.42. The molecule has 0 radical (unpaired) electrons. The zero-order valence-electron chi connectivity index (χ0n) is 21.7. The first-order valence-electron chi connectivity index (χ1n) is 13.6. The summed E-state index contributed by atoms with van der Waals surface area (Å²) < 4.78 is 23.7. The van der Waals surface area contributed by atoms with E-state index in [9.17, 15) is 18.5 Å². The van der Waals surface area contributed by atoms with Gasteiger partial charge in [0, 0.05) is 48.6 Å². The van der Waals surface area contributed by atoms with Gasteiger partial charge >= 0.3 is 0 Å². The number of rotatable bonds is 6. The molecule has 3 fully saturated rings. The summed E-state index contributed by atoms with van der Waals surface area (Å²) in [7, 11) is -2.94. The number of nitrogens with one attached hydrogen (secondary N) is 1. The number of carbonyl (C=O) groups is 1. The number of pyridine rings is 1. The summed E-state index contributed by atoms with van der Waals surface area (Å²) >= 11 is 1.62. The van der Waals surface area contributed by atoms with Crippen molar-refractivity contribution < 1.29 is 13.2 Å². The Morgan fingerprint density at radius 3 is 2.49 bits per heavy atom. The van der Waals surface area contributed by atoms with Crippen LogP contribution in [0.3, 0.4) is 0 Å². The number of benzene rings is 1. The molecule has 1 N–H and O–H groups in total. The molecule has 39 heavy (non-hydrogen) atoms. The van der Waals surface area contributed by atoms with Gasteiger partial charge in [-0.05, 0) is 55.5 Å². The number of carbonyl (C=O) groups excluding carboxylic acids is 1. The number of hydrogen-bond acceptors (Lipinski definition) is 8. The van der Waals surface area contributed by atoms with Crippen molar-refractivity contribution >= 4 is 32.8 Å². The van der Waals surface area contributed by atoms with Gasteiger partial charge in [-0.2, -0.15) is 5.26 Å². The second kappa shape index (κ2) is 10.4. The van der Waals surface area contributed by atoms with E-state index < -0.39 is 15.4 Å². The molecule has 10 heteroatoms. The molecule has 6 rings (SSSR count). The first-order chi connectivity index (χ1) is 18.9. The fourth-order valence-corrected chi connectivity index (χ4v) is 8.02. The van der Waals surface area contributed by atoms with Crippen LogP contribution in [0.1, 0.15) is 50.1 Å². The molecule has 3 aliphatic rings. The highest BCUT2D eigenvalue weighted by atomic mass is 32.2. The van der Waals surface area contributed by atoms with E-state index in [1.54, 1.807) is 17.5 Å². The number of nitriles is 1. The Balaban J connectivity index is 1.34. The topological polar surface area (TPSA) is 116 Å². The van der Waals surface area contributed by atoms with Crippen molar-refractivity contribution in [3.05, 3.63) is 54.5 Å². The minimum atomic E-state index is -2.94. The van der Waals surface area contributed by atoms with Gasteiger partial charge in [-0.15, -0.1) is 11.3 Å². The van der Waals surface area contributed by atoms with E-state index >= 15 is 0 Å². The third kappa shape index (κ3) is 5.43. The van der Waals surface area contributed by atoms with E-state index in [-0.39, 0.29) is 29.2 Å². The molecule has 3 aromatic rings. The number of anilines is 1. The normalized spacial score (nSPS) is 23.5. The lowest BCUT2D eigenvalue weighted by Gasteiger charge is -2.31. The van der Waals surface area contributed by atoms with E-state index in [4.69, 9.17) is 4.98 Å². The Morgan fingerprint density at radius 1 is 1.08 bits per heavy atom. The van der Waals surface area contributed by atoms with Crippen LogP contribution in [-0.2, 0) is 14.6 Å². The van der Waals surface area contributed by atoms with E-state index in [1.165, 1.54) is 0 Å². The highest BCUT2D eigenvalue weighted by molar-refractivity contribution is 7.91. The van der Waals surface area contributed by atoms with Gasteiger partial charge in [0.25, 0.3) is 0 Å². The summed E-state index contributed by atoms with van der Waals surface area (Å²) in [5, 5.41) is 13.5. The number of aromatic nitrogens is 2. The van der Waals surface area contributed by atoms with Crippen LogP contribution in [0.5, 0.6) is 0 Å². The monoisotopic (exact) mass is 561 g/mol. The molecule has 202 valence electrons. The molecule has 0 spiro atoms. The number of nitrogens with zero attached hydrogens (tertiary/aromatic N) is 4. The van der Waals surface area contributed by atoms with Crippen molar-refractivity contribution in [2.45, 2.75) is 50.0 Å². The van der Waals surface area contributed by atoms with Crippen molar-refractivity contribution in [1.82, 2.24) is 15.3 Å². The predicted molar refractivity (Wildman–Crippen MR) is 152 cm³/mol. The van der Waals surface area contributed by atoms with Gasteiger partial charge in [-0.1, -0.05) is 25.0 Å². The van der Waals surface area contributed by atoms with E-state index in [0.717, 1.165) is 70.9 Å². The average Bonchev–Trinajstić information content (AvgIpc) is 3.60. The minimum Gasteiger partial charge on any atom is -0.369 e. The van der Waals surface area contributed by atoms with Crippen molar-refractivity contribution in [2.75, 3.05) is 29.5 Å². The lowest BCUT2D eigenvalue weighted by molar-refractivity contribution is -0.127. The molecule has 2 saturated carbocycles. The zero-order chi connectivity index (χ0) is 27.0. The van der Waals surface area contributed by atoms with E-state index in [1.807, 2.05) is 18.3 Å². The minimum absolute atomic E-state index is 0.0307. The predicted octanol–water partition coefficient (Wildman–Crippen LogP) is 4.55. The van der Waals surface area contributed by atoms with Crippen molar-refractivity contribution in [2.24, 2.45) is 5.92 Å². The summed E-state index contributed by atoms with van der Waals surface area (Å²) in [6.07, 6.45) is 8.68. The summed E-state index contributed by atoms with van der Waals surface area (Å²) in [4.78, 5) is 26.0. The Kier molecular flexibility index (Phi) is 6.89. The molecular formula is C29H31N5O3S2. The summed E-state index contributed by atoms with van der Waals surface area (Å²) in [6, 6.07) is 14.4. The zero-order valence-corrected chi connectivity index (χ0v) is 23.3. The first kappa shape index (κ1) is 26.0. The van der Waals surface area contributed by atoms with Crippen LogP contribution in [0.4, 0.5) is 5.69 Å². The molecule has 8 nitrogen and oxygen atoms in total. The summed E-state index contributed by atoms with van der Waals surface area (Å²) in [6.45, 7) is 1.00. The Bertz CT molecular complexity index is 1490. The maximum atomic E-state index is 13.4. The number of hydrogen-bond donors (Lipinski definition) is 1. The van der Waals surface area contributed by atoms with Gasteiger partial charge in [-0.3, -0.25) is 9.78 Å². The van der Waals surface area contributed by atoms with E-state index in [2.05, 4.69) is 45.5 Å². The summed E-state index contributed by atoms with van der Waals surface area (Å²) in [5.74, 6) is 0.0793. The number of sulfone groups is 1. The lowest BCUT2D eigenvalue weighted by atomic mass is 9.76. The van der Waals surface area contributed by atoms with Crippen LogP contribution in [0.2, 0.25) is 0 Å². The van der Waals surface area contributed by atoms with Gasteiger partial charge in [0.2, 0.25) is 5.91 Å². The number of amides is 1. The fourth-order valence-electron chi connectivity index (χ4n) is 5.69.